The van der Waals surface area contributed by atoms with Gasteiger partial charge in [-0.3, -0.25) is 9.48 Å². The zero-order chi connectivity index (χ0) is 12.1. The molecule has 1 rings (SSSR count). The highest BCUT2D eigenvalue weighted by Crippen LogP contribution is 2.10. The van der Waals surface area contributed by atoms with E-state index in [-0.39, 0.29) is 24.2 Å². The summed E-state index contributed by atoms with van der Waals surface area (Å²) in [4.78, 5) is 16.0. The molecule has 0 bridgehead atoms. The van der Waals surface area contributed by atoms with Crippen LogP contribution in [0.1, 0.15) is 26.6 Å². The van der Waals surface area contributed by atoms with E-state index in [9.17, 15) is 4.79 Å². The molecule has 0 spiro atoms. The van der Waals surface area contributed by atoms with Crippen LogP contribution >= 0.6 is 0 Å². The Bertz CT molecular complexity index is 347. The van der Waals surface area contributed by atoms with Crippen molar-refractivity contribution in [2.45, 2.75) is 33.3 Å². The monoisotopic (exact) mass is 225 g/mol. The Morgan fingerprint density at radius 2 is 2.25 bits per heavy atom. The first-order valence-electron chi connectivity index (χ1n) is 5.53. The fourth-order valence-electron chi connectivity index (χ4n) is 1.57. The molecule has 0 N–H and O–H groups in total. The molecule has 1 aromatic heterocycles. The van der Waals surface area contributed by atoms with Gasteiger partial charge in [0.15, 0.2) is 5.78 Å². The van der Waals surface area contributed by atoms with Crippen molar-refractivity contribution in [2.24, 2.45) is 13.0 Å². The molecule has 1 atom stereocenters. The standard InChI is InChI=1S/C11H19N3O2/c1-5-16-11(8(2)3)9(15)6-10-12-7-13-14(10)4/h7-8,11H,5-6H2,1-4H3. The molecule has 0 aromatic carbocycles. The molecule has 0 aliphatic heterocycles. The van der Waals surface area contributed by atoms with E-state index in [4.69, 9.17) is 4.74 Å². The molecule has 0 saturated carbocycles. The Labute approximate surface area is 95.8 Å². The van der Waals surface area contributed by atoms with Crippen molar-refractivity contribution in [2.75, 3.05) is 6.61 Å². The molecule has 5 heteroatoms. The second-order valence-corrected chi connectivity index (χ2v) is 4.06. The zero-order valence-electron chi connectivity index (χ0n) is 10.3. The van der Waals surface area contributed by atoms with Crippen LogP contribution in [-0.2, 0) is 23.0 Å². The van der Waals surface area contributed by atoms with Crippen molar-refractivity contribution in [3.05, 3.63) is 12.2 Å². The Morgan fingerprint density at radius 1 is 1.56 bits per heavy atom. The Kier molecular flexibility index (Phi) is 4.61. The van der Waals surface area contributed by atoms with Crippen LogP contribution in [-0.4, -0.2) is 33.3 Å². The third kappa shape index (κ3) is 3.13. The number of ether oxygens (including phenoxy) is 1. The minimum atomic E-state index is -0.346. The van der Waals surface area contributed by atoms with E-state index in [1.807, 2.05) is 20.8 Å². The average Bonchev–Trinajstić information content (AvgIpc) is 2.60. The predicted octanol–water partition coefficient (Wildman–Crippen LogP) is 0.988. The lowest BCUT2D eigenvalue weighted by atomic mass is 10.0. The molecule has 1 aromatic rings. The highest BCUT2D eigenvalue weighted by atomic mass is 16.5. The number of carbonyl (C=O) groups is 1. The molecule has 16 heavy (non-hydrogen) atoms. The van der Waals surface area contributed by atoms with Crippen molar-refractivity contribution in [1.29, 1.82) is 0 Å². The van der Waals surface area contributed by atoms with E-state index in [2.05, 4.69) is 10.1 Å². The number of aryl methyl sites for hydroxylation is 1. The highest BCUT2D eigenvalue weighted by Gasteiger charge is 2.23. The van der Waals surface area contributed by atoms with Gasteiger partial charge in [0.05, 0.1) is 6.42 Å². The number of ketones is 1. The first kappa shape index (κ1) is 12.8. The van der Waals surface area contributed by atoms with Crippen LogP contribution in [0.5, 0.6) is 0 Å². The number of aromatic nitrogens is 3. The number of carbonyl (C=O) groups excluding carboxylic acids is 1. The SMILES string of the molecule is CCOC(C(=O)Cc1ncnn1C)C(C)C. The van der Waals surface area contributed by atoms with E-state index >= 15 is 0 Å². The summed E-state index contributed by atoms with van der Waals surface area (Å²) in [5.41, 5.74) is 0. The van der Waals surface area contributed by atoms with Crippen molar-refractivity contribution in [3.8, 4) is 0 Å². The van der Waals surface area contributed by atoms with E-state index in [0.717, 1.165) is 0 Å². The van der Waals surface area contributed by atoms with Crippen LogP contribution in [0.4, 0.5) is 0 Å². The maximum absolute atomic E-state index is 12.0. The lowest BCUT2D eigenvalue weighted by molar-refractivity contribution is -0.132. The van der Waals surface area contributed by atoms with Crippen molar-refractivity contribution in [1.82, 2.24) is 14.8 Å². The smallest absolute Gasteiger partial charge is 0.169 e. The van der Waals surface area contributed by atoms with Gasteiger partial charge in [-0.05, 0) is 12.8 Å². The molecule has 90 valence electrons. The first-order chi connectivity index (χ1) is 7.56. The summed E-state index contributed by atoms with van der Waals surface area (Å²) in [6, 6.07) is 0. The van der Waals surface area contributed by atoms with Crippen LogP contribution in [0.2, 0.25) is 0 Å². The minimum absolute atomic E-state index is 0.0629. The molecule has 0 saturated heterocycles. The summed E-state index contributed by atoms with van der Waals surface area (Å²) in [5.74, 6) is 0.920. The summed E-state index contributed by atoms with van der Waals surface area (Å²) in [5, 5.41) is 3.93. The van der Waals surface area contributed by atoms with Gasteiger partial charge in [0.1, 0.15) is 18.3 Å². The molecular formula is C11H19N3O2. The number of hydrogen-bond donors (Lipinski definition) is 0. The third-order valence-corrected chi connectivity index (χ3v) is 2.41. The van der Waals surface area contributed by atoms with Gasteiger partial charge in [-0.2, -0.15) is 5.10 Å². The molecule has 0 aliphatic carbocycles. The molecule has 5 nitrogen and oxygen atoms in total. The number of rotatable bonds is 6. The molecule has 0 fully saturated rings. The van der Waals surface area contributed by atoms with E-state index in [1.54, 1.807) is 11.7 Å². The van der Waals surface area contributed by atoms with Gasteiger partial charge in [-0.1, -0.05) is 13.8 Å². The quantitative estimate of drug-likeness (QED) is 0.724. The molecular weight excluding hydrogens is 206 g/mol. The van der Waals surface area contributed by atoms with Crippen LogP contribution in [0.3, 0.4) is 0 Å². The molecule has 1 heterocycles. The summed E-state index contributed by atoms with van der Waals surface area (Å²) in [7, 11) is 1.78. The van der Waals surface area contributed by atoms with Gasteiger partial charge in [0, 0.05) is 13.7 Å². The van der Waals surface area contributed by atoms with E-state index in [0.29, 0.717) is 12.4 Å². The van der Waals surface area contributed by atoms with Crippen molar-refractivity contribution < 1.29 is 9.53 Å². The van der Waals surface area contributed by atoms with Gasteiger partial charge in [-0.25, -0.2) is 4.98 Å². The summed E-state index contributed by atoms with van der Waals surface area (Å²) < 4.78 is 7.06. The molecule has 0 aliphatic rings. The fraction of sp³-hybridized carbons (Fsp3) is 0.727. The van der Waals surface area contributed by atoms with Crippen LogP contribution < -0.4 is 0 Å². The number of Topliss-reactive ketones (excluding diaryl/α,β-unsaturated/α-hetero) is 1. The maximum atomic E-state index is 12.0. The first-order valence-corrected chi connectivity index (χ1v) is 5.53. The average molecular weight is 225 g/mol. The van der Waals surface area contributed by atoms with E-state index in [1.165, 1.54) is 6.33 Å². The third-order valence-electron chi connectivity index (χ3n) is 2.41. The van der Waals surface area contributed by atoms with Crippen LogP contribution in [0.15, 0.2) is 6.33 Å². The van der Waals surface area contributed by atoms with Crippen LogP contribution in [0.25, 0.3) is 0 Å². The largest absolute Gasteiger partial charge is 0.370 e. The topological polar surface area (TPSA) is 57.0 Å². The number of nitrogens with zero attached hydrogens (tertiary/aromatic N) is 3. The van der Waals surface area contributed by atoms with Gasteiger partial charge in [-0.15, -0.1) is 0 Å². The summed E-state index contributed by atoms with van der Waals surface area (Å²) in [6.07, 6.45) is 1.38. The lowest BCUT2D eigenvalue weighted by Crippen LogP contribution is -2.31. The maximum Gasteiger partial charge on any atom is 0.169 e. The second kappa shape index (κ2) is 5.75. The second-order valence-electron chi connectivity index (χ2n) is 4.06. The molecule has 1 unspecified atom stereocenters. The molecule has 0 amide bonds. The predicted molar refractivity (Wildman–Crippen MR) is 60.0 cm³/mol. The summed E-state index contributed by atoms with van der Waals surface area (Å²) >= 11 is 0. The summed E-state index contributed by atoms with van der Waals surface area (Å²) in [6.45, 7) is 6.40. The lowest BCUT2D eigenvalue weighted by Gasteiger charge is -2.19. The normalized spacial score (nSPS) is 13.1. The Morgan fingerprint density at radius 3 is 2.69 bits per heavy atom. The van der Waals surface area contributed by atoms with Gasteiger partial charge >= 0.3 is 0 Å². The van der Waals surface area contributed by atoms with Crippen molar-refractivity contribution in [3.63, 3.8) is 0 Å². The van der Waals surface area contributed by atoms with Gasteiger partial charge in [0.2, 0.25) is 0 Å². The van der Waals surface area contributed by atoms with Gasteiger partial charge < -0.3 is 4.74 Å². The highest BCUT2D eigenvalue weighted by molar-refractivity contribution is 5.84. The van der Waals surface area contributed by atoms with E-state index < -0.39 is 0 Å². The van der Waals surface area contributed by atoms with Gasteiger partial charge in [0.25, 0.3) is 0 Å². The molecule has 0 radical (unpaired) electrons. The minimum Gasteiger partial charge on any atom is -0.370 e. The Balaban J connectivity index is 2.66. The zero-order valence-corrected chi connectivity index (χ0v) is 10.3. The van der Waals surface area contributed by atoms with Crippen LogP contribution in [0, 0.1) is 5.92 Å². The Hall–Kier alpha value is -1.23. The number of hydrogen-bond acceptors (Lipinski definition) is 4. The fourth-order valence-corrected chi connectivity index (χ4v) is 1.57. The van der Waals surface area contributed by atoms with Crippen molar-refractivity contribution >= 4 is 5.78 Å².